The number of carbonyl (C=O) groups excluding carboxylic acids is 4. The van der Waals surface area contributed by atoms with E-state index in [2.05, 4.69) is 10.6 Å². The molecule has 0 saturated carbocycles. The minimum absolute atomic E-state index is 0.177. The Morgan fingerprint density at radius 2 is 1.44 bits per heavy atom. The summed E-state index contributed by atoms with van der Waals surface area (Å²) in [5, 5.41) is 26.0. The van der Waals surface area contributed by atoms with E-state index in [0.29, 0.717) is 26.2 Å². The lowest BCUT2D eigenvalue weighted by Crippen LogP contribution is -2.44. The molecule has 0 heterocycles. The van der Waals surface area contributed by atoms with E-state index in [0.717, 1.165) is 11.6 Å². The van der Waals surface area contributed by atoms with Gasteiger partial charge < -0.3 is 45.5 Å². The number of ether oxygens (including phenoxy) is 4. The molecular weight excluding hydrogens is 482 g/mol. The molecule has 2 unspecified atom stereocenters. The van der Waals surface area contributed by atoms with Crippen molar-refractivity contribution in [1.82, 2.24) is 15.6 Å². The zero-order valence-electron chi connectivity index (χ0n) is 21.0. The van der Waals surface area contributed by atoms with Crippen LogP contribution in [0.2, 0.25) is 0 Å². The molecule has 0 aromatic carbocycles. The van der Waals surface area contributed by atoms with Crippen molar-refractivity contribution in [1.29, 1.82) is 0 Å². The summed E-state index contributed by atoms with van der Waals surface area (Å²) in [5.41, 5.74) is 5.36. The van der Waals surface area contributed by atoms with Gasteiger partial charge in [0.25, 0.3) is 0 Å². The lowest BCUT2D eigenvalue weighted by Gasteiger charge is -2.18. The van der Waals surface area contributed by atoms with Crippen molar-refractivity contribution < 1.29 is 48.3 Å². The van der Waals surface area contributed by atoms with Crippen molar-refractivity contribution in [2.75, 3.05) is 65.7 Å². The van der Waals surface area contributed by atoms with Gasteiger partial charge in [-0.05, 0) is 0 Å². The zero-order valence-corrected chi connectivity index (χ0v) is 21.0. The van der Waals surface area contributed by atoms with Gasteiger partial charge in [-0.25, -0.2) is 15.6 Å². The minimum atomic E-state index is -1.29. The molecule has 0 aromatic rings. The first kappa shape index (κ1) is 33.4. The van der Waals surface area contributed by atoms with Gasteiger partial charge in [-0.15, -0.1) is 0 Å². The molecular formula is C21H41N5O10. The molecule has 36 heavy (non-hydrogen) atoms. The fourth-order valence-corrected chi connectivity index (χ4v) is 2.27. The van der Waals surface area contributed by atoms with Crippen molar-refractivity contribution in [2.45, 2.75) is 38.9 Å². The van der Waals surface area contributed by atoms with Crippen molar-refractivity contribution in [3.05, 3.63) is 0 Å². The number of hydrogen-bond donors (Lipinski definition) is 6. The van der Waals surface area contributed by atoms with Gasteiger partial charge in [0.05, 0.1) is 31.9 Å². The Labute approximate surface area is 210 Å². The van der Waals surface area contributed by atoms with Gasteiger partial charge in [-0.3, -0.25) is 14.4 Å². The van der Waals surface area contributed by atoms with E-state index < -0.39 is 61.9 Å². The number of nitrogens with two attached hydrogens (primary N) is 2. The van der Waals surface area contributed by atoms with E-state index >= 15 is 0 Å². The summed E-state index contributed by atoms with van der Waals surface area (Å²) in [6.07, 6.45) is -3.79. The molecule has 8 N–H and O–H groups in total. The number of esters is 3. The number of aliphatic hydroxyl groups excluding tert-OH is 2. The van der Waals surface area contributed by atoms with Crippen LogP contribution in [0, 0.1) is 5.92 Å². The molecule has 0 aromatic heterocycles. The largest absolute Gasteiger partial charge is 0.463 e. The van der Waals surface area contributed by atoms with Gasteiger partial charge >= 0.3 is 24.0 Å². The molecule has 0 radical (unpaired) electrons. The summed E-state index contributed by atoms with van der Waals surface area (Å²) in [7, 11) is 0. The lowest BCUT2D eigenvalue weighted by molar-refractivity contribution is -0.164. The number of aliphatic hydroxyl groups is 2. The summed E-state index contributed by atoms with van der Waals surface area (Å²) >= 11 is 0. The van der Waals surface area contributed by atoms with Crippen LogP contribution in [0.15, 0.2) is 0 Å². The van der Waals surface area contributed by atoms with Gasteiger partial charge in [0, 0.05) is 32.7 Å². The topological polar surface area (TPSA) is 225 Å². The number of hydrogen-bond acceptors (Lipinski definition) is 14. The first-order valence-corrected chi connectivity index (χ1v) is 11.7. The van der Waals surface area contributed by atoms with Crippen LogP contribution in [0.5, 0.6) is 0 Å². The summed E-state index contributed by atoms with van der Waals surface area (Å²) in [6, 6.07) is 0. The number of nitrogens with zero attached hydrogens (tertiary/aromatic N) is 1. The molecule has 210 valence electrons. The monoisotopic (exact) mass is 523 g/mol. The zero-order chi connectivity index (χ0) is 27.3. The van der Waals surface area contributed by atoms with Crippen LogP contribution in [-0.2, 0) is 33.3 Å². The average molecular weight is 524 g/mol. The van der Waals surface area contributed by atoms with Crippen molar-refractivity contribution >= 4 is 24.0 Å². The Morgan fingerprint density at radius 1 is 0.889 bits per heavy atom. The third-order valence-electron chi connectivity index (χ3n) is 4.32. The smallest absolute Gasteiger partial charge is 0.424 e. The van der Waals surface area contributed by atoms with E-state index in [1.165, 1.54) is 0 Å². The highest BCUT2D eigenvalue weighted by molar-refractivity contribution is 5.77. The molecule has 0 aliphatic heterocycles. The standard InChI is InChI=1S/C21H41N5O10/c1-15(2)20(31)36-17(11-27)14-34-19(30)4-3-18(29)33-12-16(28)13-35-21(32)26(23)10-9-25-8-7-24-6-5-22/h15-17,24-25,27-28H,3-14,22-23H2,1-2H3. The second-order valence-corrected chi connectivity index (χ2v) is 7.98. The highest BCUT2D eigenvalue weighted by Gasteiger charge is 2.19. The number of nitrogens with one attached hydrogen (secondary N) is 2. The van der Waals surface area contributed by atoms with E-state index in [-0.39, 0.29) is 26.0 Å². The fraction of sp³-hybridized carbons (Fsp3) is 0.810. The van der Waals surface area contributed by atoms with Gasteiger partial charge in [0.15, 0.2) is 6.10 Å². The van der Waals surface area contributed by atoms with Crippen LogP contribution in [-0.4, -0.2) is 117 Å². The first-order chi connectivity index (χ1) is 17.1. The van der Waals surface area contributed by atoms with Crippen LogP contribution < -0.4 is 22.2 Å². The van der Waals surface area contributed by atoms with Gasteiger partial charge in [0.2, 0.25) is 0 Å². The third kappa shape index (κ3) is 17.8. The number of rotatable bonds is 20. The maximum absolute atomic E-state index is 11.8. The molecule has 1 amide bonds. The highest BCUT2D eigenvalue weighted by atomic mass is 16.6. The molecule has 0 rings (SSSR count). The fourth-order valence-electron chi connectivity index (χ4n) is 2.27. The lowest BCUT2D eigenvalue weighted by atomic mass is 10.2. The third-order valence-corrected chi connectivity index (χ3v) is 4.32. The molecule has 2 atom stereocenters. The normalized spacial score (nSPS) is 12.5. The van der Waals surface area contributed by atoms with Crippen LogP contribution >= 0.6 is 0 Å². The minimum Gasteiger partial charge on any atom is -0.463 e. The molecule has 15 nitrogen and oxygen atoms in total. The number of hydrazine groups is 1. The predicted octanol–water partition coefficient (Wildman–Crippen LogP) is -2.78. The molecule has 0 aliphatic rings. The molecule has 0 spiro atoms. The second kappa shape index (κ2) is 20.6. The average Bonchev–Trinajstić information content (AvgIpc) is 2.85. The Morgan fingerprint density at radius 3 is 2.00 bits per heavy atom. The highest BCUT2D eigenvalue weighted by Crippen LogP contribution is 2.03. The first-order valence-electron chi connectivity index (χ1n) is 11.7. The number of carbonyl (C=O) groups is 4. The maximum atomic E-state index is 11.8. The number of amides is 1. The van der Waals surface area contributed by atoms with Crippen LogP contribution in [0.1, 0.15) is 26.7 Å². The van der Waals surface area contributed by atoms with Crippen molar-refractivity contribution in [2.24, 2.45) is 17.5 Å². The Hall–Kier alpha value is -2.56. The van der Waals surface area contributed by atoms with Crippen molar-refractivity contribution in [3.8, 4) is 0 Å². The quantitative estimate of drug-likeness (QED) is 0.0237. The van der Waals surface area contributed by atoms with Crippen LogP contribution in [0.3, 0.4) is 0 Å². The predicted molar refractivity (Wildman–Crippen MR) is 126 cm³/mol. The summed E-state index contributed by atoms with van der Waals surface area (Å²) in [4.78, 5) is 46.8. The van der Waals surface area contributed by atoms with E-state index in [4.69, 9.17) is 30.5 Å². The molecule has 0 aliphatic carbocycles. The molecule has 15 heteroatoms. The van der Waals surface area contributed by atoms with Crippen LogP contribution in [0.25, 0.3) is 0 Å². The van der Waals surface area contributed by atoms with E-state index in [9.17, 15) is 29.4 Å². The van der Waals surface area contributed by atoms with E-state index in [1.807, 2.05) is 0 Å². The maximum Gasteiger partial charge on any atom is 0.424 e. The van der Waals surface area contributed by atoms with Crippen molar-refractivity contribution in [3.63, 3.8) is 0 Å². The molecule has 0 bridgehead atoms. The summed E-state index contributed by atoms with van der Waals surface area (Å²) < 4.78 is 19.5. The Kier molecular flexibility index (Phi) is 19.1. The second-order valence-electron chi connectivity index (χ2n) is 7.98. The Balaban J connectivity index is 3.96. The van der Waals surface area contributed by atoms with Gasteiger partial charge in [0.1, 0.15) is 25.9 Å². The molecule has 0 fully saturated rings. The Bertz CT molecular complexity index is 653. The van der Waals surface area contributed by atoms with Gasteiger partial charge in [-0.1, -0.05) is 13.8 Å². The van der Waals surface area contributed by atoms with E-state index in [1.54, 1.807) is 13.8 Å². The molecule has 0 saturated heterocycles. The van der Waals surface area contributed by atoms with Gasteiger partial charge in [-0.2, -0.15) is 0 Å². The van der Waals surface area contributed by atoms with Crippen LogP contribution in [0.4, 0.5) is 4.79 Å². The SMILES string of the molecule is CC(C)C(=O)OC(CO)COC(=O)CCC(=O)OCC(O)COC(=O)N(N)CCNCCNCCN. The summed E-state index contributed by atoms with van der Waals surface area (Å²) in [6.45, 7) is 4.71. The summed E-state index contributed by atoms with van der Waals surface area (Å²) in [5.74, 6) is 3.09.